The molecule has 27 heavy (non-hydrogen) atoms. The van der Waals surface area contributed by atoms with E-state index in [0.29, 0.717) is 25.5 Å². The van der Waals surface area contributed by atoms with Crippen LogP contribution in [0.4, 0.5) is 0 Å². The van der Waals surface area contributed by atoms with Gasteiger partial charge in [-0.2, -0.15) is 4.98 Å². The van der Waals surface area contributed by atoms with Crippen molar-refractivity contribution in [1.82, 2.24) is 15.0 Å². The molecule has 1 aliphatic carbocycles. The number of hydrogen-bond acceptors (Lipinski definition) is 6. The highest BCUT2D eigenvalue weighted by atomic mass is 16.5. The molecule has 1 atom stereocenters. The maximum Gasteiger partial charge on any atom is 0.229 e. The molecule has 3 heterocycles. The summed E-state index contributed by atoms with van der Waals surface area (Å²) in [6.07, 6.45) is 7.71. The van der Waals surface area contributed by atoms with Crippen LogP contribution in [-0.2, 0) is 19.7 Å². The minimum atomic E-state index is -0.264. The van der Waals surface area contributed by atoms with E-state index in [-0.39, 0.29) is 17.2 Å². The number of ether oxygens (including phenoxy) is 2. The zero-order valence-corrected chi connectivity index (χ0v) is 16.3. The Morgan fingerprint density at radius 1 is 1.30 bits per heavy atom. The van der Waals surface area contributed by atoms with E-state index in [9.17, 15) is 4.79 Å². The van der Waals surface area contributed by atoms with Gasteiger partial charge in [0, 0.05) is 52.4 Å². The van der Waals surface area contributed by atoms with Crippen LogP contribution in [-0.4, -0.2) is 61.0 Å². The van der Waals surface area contributed by atoms with Crippen molar-refractivity contribution in [1.29, 1.82) is 0 Å². The lowest BCUT2D eigenvalue weighted by molar-refractivity contribution is -0.134. The fourth-order valence-corrected chi connectivity index (χ4v) is 4.40. The normalized spacial score (nSPS) is 27.1. The van der Waals surface area contributed by atoms with Crippen molar-refractivity contribution in [2.45, 2.75) is 62.7 Å². The van der Waals surface area contributed by atoms with Gasteiger partial charge < -0.3 is 18.9 Å². The number of hydrogen-bond donors (Lipinski definition) is 0. The van der Waals surface area contributed by atoms with Crippen LogP contribution in [0.5, 0.6) is 0 Å². The summed E-state index contributed by atoms with van der Waals surface area (Å²) in [5.74, 6) is 2.66. The van der Waals surface area contributed by atoms with Gasteiger partial charge in [-0.05, 0) is 50.9 Å². The quantitative estimate of drug-likeness (QED) is 0.727. The molecule has 7 nitrogen and oxygen atoms in total. The summed E-state index contributed by atoms with van der Waals surface area (Å²) in [5.41, 5.74) is -0.264. The van der Waals surface area contributed by atoms with Crippen LogP contribution in [0.25, 0.3) is 0 Å². The molecule has 0 aromatic carbocycles. The molecule has 1 unspecified atom stereocenters. The average Bonchev–Trinajstić information content (AvgIpc) is 3.38. The number of carbonyl (C=O) groups is 1. The molecule has 150 valence electrons. The minimum Gasteiger partial charge on any atom is -0.385 e. The van der Waals surface area contributed by atoms with Gasteiger partial charge in [0.15, 0.2) is 5.82 Å². The number of piperidine rings is 1. The Morgan fingerprint density at radius 2 is 2.11 bits per heavy atom. The molecular weight excluding hydrogens is 346 g/mol. The highest BCUT2D eigenvalue weighted by Crippen LogP contribution is 2.39. The van der Waals surface area contributed by atoms with E-state index >= 15 is 0 Å². The molecule has 1 aromatic rings. The van der Waals surface area contributed by atoms with Crippen molar-refractivity contribution in [3.8, 4) is 0 Å². The Bertz CT molecular complexity index is 639. The molecule has 1 aromatic heterocycles. The molecule has 4 rings (SSSR count). The third-order valence-corrected chi connectivity index (χ3v) is 6.36. The number of carbonyl (C=O) groups excluding carboxylic acids is 1. The number of methoxy groups -OCH3 is 1. The monoisotopic (exact) mass is 377 g/mol. The molecule has 0 radical (unpaired) electrons. The Balaban J connectivity index is 1.52. The maximum atomic E-state index is 12.7. The van der Waals surface area contributed by atoms with Gasteiger partial charge in [-0.25, -0.2) is 0 Å². The minimum absolute atomic E-state index is 0.264. The lowest BCUT2D eigenvalue weighted by Gasteiger charge is -2.41. The van der Waals surface area contributed by atoms with Crippen LogP contribution >= 0.6 is 0 Å². The topological polar surface area (TPSA) is 77.7 Å². The summed E-state index contributed by atoms with van der Waals surface area (Å²) < 4.78 is 16.5. The molecule has 0 N–H and O–H groups in total. The lowest BCUT2D eigenvalue weighted by Crippen LogP contribution is -2.49. The van der Waals surface area contributed by atoms with Crippen molar-refractivity contribution in [2.75, 3.05) is 40.0 Å². The summed E-state index contributed by atoms with van der Waals surface area (Å²) >= 11 is 0. The van der Waals surface area contributed by atoms with E-state index in [1.165, 1.54) is 12.8 Å². The second-order valence-corrected chi connectivity index (χ2v) is 8.43. The fourth-order valence-electron chi connectivity index (χ4n) is 4.40. The third-order valence-electron chi connectivity index (χ3n) is 6.36. The molecule has 0 bridgehead atoms. The van der Waals surface area contributed by atoms with E-state index in [4.69, 9.17) is 19.0 Å². The number of likely N-dealkylation sites (tertiary alicyclic amines) is 1. The van der Waals surface area contributed by atoms with Crippen LogP contribution in [0, 0.1) is 5.92 Å². The van der Waals surface area contributed by atoms with Gasteiger partial charge in [0.05, 0.1) is 5.41 Å². The zero-order chi connectivity index (χ0) is 18.7. The van der Waals surface area contributed by atoms with Gasteiger partial charge in [0.25, 0.3) is 0 Å². The Kier molecular flexibility index (Phi) is 5.78. The van der Waals surface area contributed by atoms with E-state index in [0.717, 1.165) is 63.6 Å². The van der Waals surface area contributed by atoms with Crippen molar-refractivity contribution in [3.05, 3.63) is 11.7 Å². The van der Waals surface area contributed by atoms with Crippen molar-refractivity contribution in [3.63, 3.8) is 0 Å². The van der Waals surface area contributed by atoms with Gasteiger partial charge in [0.2, 0.25) is 11.8 Å². The molecule has 2 aliphatic heterocycles. The van der Waals surface area contributed by atoms with Gasteiger partial charge in [-0.1, -0.05) is 5.16 Å². The van der Waals surface area contributed by atoms with Crippen molar-refractivity contribution < 1.29 is 18.8 Å². The van der Waals surface area contributed by atoms with Gasteiger partial charge in [-0.3, -0.25) is 4.79 Å². The van der Waals surface area contributed by atoms with E-state index in [2.05, 4.69) is 5.16 Å². The first-order chi connectivity index (χ1) is 13.2. The first-order valence-corrected chi connectivity index (χ1v) is 10.4. The SMILES string of the molecule is COCCC1(c2noc(C3CCOCC3)n2)CCCN(C(=O)CC2CC2)C1. The predicted octanol–water partition coefficient (Wildman–Crippen LogP) is 2.66. The Labute approximate surface area is 160 Å². The fraction of sp³-hybridized carbons (Fsp3) is 0.850. The maximum absolute atomic E-state index is 12.7. The number of nitrogens with zero attached hydrogens (tertiary/aromatic N) is 3. The third kappa shape index (κ3) is 4.35. The summed E-state index contributed by atoms with van der Waals surface area (Å²) in [6, 6.07) is 0. The van der Waals surface area contributed by atoms with Gasteiger partial charge in [-0.15, -0.1) is 0 Å². The number of amides is 1. The van der Waals surface area contributed by atoms with Crippen LogP contribution in [0.1, 0.15) is 69.0 Å². The summed E-state index contributed by atoms with van der Waals surface area (Å²) in [4.78, 5) is 19.6. The van der Waals surface area contributed by atoms with Crippen LogP contribution in [0.3, 0.4) is 0 Å². The smallest absolute Gasteiger partial charge is 0.229 e. The average molecular weight is 377 g/mol. The standard InChI is InChI=1S/C20H31N3O4/c1-25-12-8-20(7-2-9-23(14-20)17(24)13-15-3-4-15)19-21-18(27-22-19)16-5-10-26-11-6-16/h15-16H,2-14H2,1H3. The Hall–Kier alpha value is -1.47. The zero-order valence-electron chi connectivity index (χ0n) is 16.3. The first-order valence-electron chi connectivity index (χ1n) is 10.4. The second kappa shape index (κ2) is 8.27. The molecule has 2 saturated heterocycles. The number of aromatic nitrogens is 2. The lowest BCUT2D eigenvalue weighted by atomic mass is 9.76. The van der Waals surface area contributed by atoms with Crippen LogP contribution in [0.2, 0.25) is 0 Å². The number of rotatable bonds is 7. The summed E-state index contributed by atoms with van der Waals surface area (Å²) in [7, 11) is 1.72. The second-order valence-electron chi connectivity index (χ2n) is 8.43. The van der Waals surface area contributed by atoms with Crippen LogP contribution in [0.15, 0.2) is 4.52 Å². The van der Waals surface area contributed by atoms with Crippen LogP contribution < -0.4 is 0 Å². The van der Waals surface area contributed by atoms with Gasteiger partial charge in [0.1, 0.15) is 0 Å². The molecular formula is C20H31N3O4. The highest BCUT2D eigenvalue weighted by Gasteiger charge is 2.43. The van der Waals surface area contributed by atoms with E-state index in [1.54, 1.807) is 7.11 Å². The largest absolute Gasteiger partial charge is 0.385 e. The van der Waals surface area contributed by atoms with E-state index < -0.39 is 0 Å². The summed E-state index contributed by atoms with van der Waals surface area (Å²) in [5, 5.41) is 4.39. The molecule has 3 aliphatic rings. The molecule has 0 spiro atoms. The molecule has 1 saturated carbocycles. The van der Waals surface area contributed by atoms with Gasteiger partial charge >= 0.3 is 0 Å². The summed E-state index contributed by atoms with van der Waals surface area (Å²) in [6.45, 7) is 3.65. The predicted molar refractivity (Wildman–Crippen MR) is 98.4 cm³/mol. The van der Waals surface area contributed by atoms with E-state index in [1.807, 2.05) is 4.90 Å². The first kappa shape index (κ1) is 18.9. The molecule has 3 fully saturated rings. The molecule has 7 heteroatoms. The Morgan fingerprint density at radius 3 is 2.85 bits per heavy atom. The molecule has 1 amide bonds. The van der Waals surface area contributed by atoms with Crippen molar-refractivity contribution in [2.24, 2.45) is 5.92 Å². The highest BCUT2D eigenvalue weighted by molar-refractivity contribution is 5.77. The van der Waals surface area contributed by atoms with Crippen molar-refractivity contribution >= 4 is 5.91 Å².